The van der Waals surface area contributed by atoms with Crippen LogP contribution in [0.5, 0.6) is 0 Å². The third-order valence-electron chi connectivity index (χ3n) is 3.71. The first-order chi connectivity index (χ1) is 11.3. The van der Waals surface area contributed by atoms with Crippen LogP contribution in [0.15, 0.2) is 72.1 Å². The van der Waals surface area contributed by atoms with Gasteiger partial charge in [-0.05, 0) is 35.2 Å². The van der Waals surface area contributed by atoms with Crippen LogP contribution in [0.3, 0.4) is 0 Å². The third kappa shape index (κ3) is 2.76. The van der Waals surface area contributed by atoms with Crippen LogP contribution in [-0.4, -0.2) is 10.9 Å². The molecule has 0 aliphatic heterocycles. The molecule has 2 heterocycles. The zero-order chi connectivity index (χ0) is 15.6. The van der Waals surface area contributed by atoms with Crippen molar-refractivity contribution in [3.05, 3.63) is 77.0 Å². The number of rotatable bonds is 3. The van der Waals surface area contributed by atoms with Gasteiger partial charge in [0.05, 0.1) is 4.88 Å². The van der Waals surface area contributed by atoms with E-state index < -0.39 is 0 Å². The molecule has 1 amide bonds. The lowest BCUT2D eigenvalue weighted by molar-refractivity contribution is 0.103. The number of hydrogen-bond acceptors (Lipinski definition) is 2. The molecule has 2 aromatic heterocycles. The number of aromatic amines is 1. The fraction of sp³-hybridized carbons (Fsp3) is 0. The molecule has 4 aromatic rings. The van der Waals surface area contributed by atoms with Gasteiger partial charge < -0.3 is 10.3 Å². The molecule has 0 aliphatic rings. The van der Waals surface area contributed by atoms with Gasteiger partial charge in [-0.3, -0.25) is 4.79 Å². The number of carbonyl (C=O) groups excluding carboxylic acids is 1. The summed E-state index contributed by atoms with van der Waals surface area (Å²) in [6.45, 7) is 0. The second-order valence-electron chi connectivity index (χ2n) is 5.28. The van der Waals surface area contributed by atoms with E-state index >= 15 is 0 Å². The van der Waals surface area contributed by atoms with Crippen LogP contribution in [0.2, 0.25) is 0 Å². The molecule has 2 N–H and O–H groups in total. The highest BCUT2D eigenvalue weighted by Crippen LogP contribution is 2.26. The predicted molar refractivity (Wildman–Crippen MR) is 96.0 cm³/mol. The van der Waals surface area contributed by atoms with E-state index in [-0.39, 0.29) is 5.91 Å². The number of fused-ring (bicyclic) bond motifs is 1. The van der Waals surface area contributed by atoms with Gasteiger partial charge in [0.15, 0.2) is 0 Å². The number of H-pyrrole nitrogens is 1. The molecule has 0 fully saturated rings. The topological polar surface area (TPSA) is 44.9 Å². The smallest absolute Gasteiger partial charge is 0.265 e. The van der Waals surface area contributed by atoms with E-state index in [0.29, 0.717) is 4.88 Å². The lowest BCUT2D eigenvalue weighted by Crippen LogP contribution is -2.09. The Hall–Kier alpha value is -2.85. The van der Waals surface area contributed by atoms with Gasteiger partial charge in [0.2, 0.25) is 0 Å². The number of carbonyl (C=O) groups is 1. The van der Waals surface area contributed by atoms with Crippen LogP contribution in [0, 0.1) is 0 Å². The summed E-state index contributed by atoms with van der Waals surface area (Å²) in [4.78, 5) is 16.2. The monoisotopic (exact) mass is 318 g/mol. The molecule has 112 valence electrons. The maximum atomic E-state index is 12.1. The number of nitrogens with one attached hydrogen (secondary N) is 2. The Morgan fingerprint density at radius 1 is 0.957 bits per heavy atom. The van der Waals surface area contributed by atoms with Crippen molar-refractivity contribution in [2.24, 2.45) is 0 Å². The average Bonchev–Trinajstić information content (AvgIpc) is 3.25. The maximum Gasteiger partial charge on any atom is 0.265 e. The van der Waals surface area contributed by atoms with Gasteiger partial charge in [-0.25, -0.2) is 0 Å². The van der Waals surface area contributed by atoms with Crippen LogP contribution in [0.25, 0.3) is 22.2 Å². The molecule has 0 aliphatic carbocycles. The van der Waals surface area contributed by atoms with Crippen molar-refractivity contribution in [1.82, 2.24) is 4.98 Å². The SMILES string of the molecule is O=C(Nc1ccc2cc(-c3ccccc3)[nH]c2c1)c1cccs1. The first kappa shape index (κ1) is 13.8. The largest absolute Gasteiger partial charge is 0.354 e. The molecule has 0 saturated heterocycles. The van der Waals surface area contributed by atoms with Crippen LogP contribution < -0.4 is 5.32 Å². The van der Waals surface area contributed by atoms with E-state index in [1.54, 1.807) is 0 Å². The molecule has 23 heavy (non-hydrogen) atoms. The third-order valence-corrected chi connectivity index (χ3v) is 4.58. The second-order valence-corrected chi connectivity index (χ2v) is 6.23. The van der Waals surface area contributed by atoms with Gasteiger partial charge in [0, 0.05) is 22.3 Å². The molecule has 4 heteroatoms. The number of amides is 1. The molecule has 0 spiro atoms. The summed E-state index contributed by atoms with van der Waals surface area (Å²) in [5, 5.41) is 5.96. The van der Waals surface area contributed by atoms with Crippen LogP contribution in [-0.2, 0) is 0 Å². The fourth-order valence-electron chi connectivity index (χ4n) is 2.58. The highest BCUT2D eigenvalue weighted by atomic mass is 32.1. The van der Waals surface area contributed by atoms with Crippen molar-refractivity contribution in [3.63, 3.8) is 0 Å². The maximum absolute atomic E-state index is 12.1. The van der Waals surface area contributed by atoms with E-state index in [9.17, 15) is 4.79 Å². The highest BCUT2D eigenvalue weighted by Gasteiger charge is 2.08. The molecule has 2 aromatic carbocycles. The molecule has 0 unspecified atom stereocenters. The van der Waals surface area contributed by atoms with Crippen LogP contribution >= 0.6 is 11.3 Å². The number of hydrogen-bond donors (Lipinski definition) is 2. The zero-order valence-electron chi connectivity index (χ0n) is 12.2. The fourth-order valence-corrected chi connectivity index (χ4v) is 3.20. The van der Waals surface area contributed by atoms with Gasteiger partial charge in [-0.2, -0.15) is 0 Å². The normalized spacial score (nSPS) is 10.8. The second kappa shape index (κ2) is 5.74. The van der Waals surface area contributed by atoms with E-state index in [2.05, 4.69) is 28.5 Å². The molecular formula is C19H14N2OS. The van der Waals surface area contributed by atoms with E-state index in [4.69, 9.17) is 0 Å². The summed E-state index contributed by atoms with van der Waals surface area (Å²) in [7, 11) is 0. The Bertz CT molecular complexity index is 956. The lowest BCUT2D eigenvalue weighted by atomic mass is 10.1. The summed E-state index contributed by atoms with van der Waals surface area (Å²) >= 11 is 1.44. The minimum Gasteiger partial charge on any atom is -0.354 e. The number of aromatic nitrogens is 1. The standard InChI is InChI=1S/C19H14N2OS/c22-19(18-7-4-10-23-18)20-15-9-8-14-11-16(21-17(14)12-15)13-5-2-1-3-6-13/h1-12,21H,(H,20,22). The van der Waals surface area contributed by atoms with Crippen molar-refractivity contribution in [2.75, 3.05) is 5.32 Å². The number of thiophene rings is 1. The first-order valence-electron chi connectivity index (χ1n) is 7.33. The van der Waals surface area contributed by atoms with Gasteiger partial charge in [-0.1, -0.05) is 42.5 Å². The van der Waals surface area contributed by atoms with Crippen LogP contribution in [0.1, 0.15) is 9.67 Å². The molecule has 0 saturated carbocycles. The van der Waals surface area contributed by atoms with Crippen molar-refractivity contribution in [3.8, 4) is 11.3 Å². The summed E-state index contributed by atoms with van der Waals surface area (Å²) < 4.78 is 0. The Kier molecular flexibility index (Phi) is 3.44. The summed E-state index contributed by atoms with van der Waals surface area (Å²) in [6.07, 6.45) is 0. The Balaban J connectivity index is 1.64. The van der Waals surface area contributed by atoms with E-state index in [1.165, 1.54) is 11.3 Å². The van der Waals surface area contributed by atoms with Gasteiger partial charge in [0.25, 0.3) is 5.91 Å². The quantitative estimate of drug-likeness (QED) is 0.539. The number of anilines is 1. The van der Waals surface area contributed by atoms with Crippen molar-refractivity contribution in [1.29, 1.82) is 0 Å². The van der Waals surface area contributed by atoms with Crippen molar-refractivity contribution in [2.45, 2.75) is 0 Å². The van der Waals surface area contributed by atoms with Crippen molar-refractivity contribution >= 4 is 33.8 Å². The highest BCUT2D eigenvalue weighted by molar-refractivity contribution is 7.12. The Morgan fingerprint density at radius 2 is 1.83 bits per heavy atom. The Morgan fingerprint density at radius 3 is 2.61 bits per heavy atom. The Labute approximate surface area is 137 Å². The van der Waals surface area contributed by atoms with E-state index in [1.807, 2.05) is 53.9 Å². The minimum absolute atomic E-state index is 0.0748. The minimum atomic E-state index is -0.0748. The predicted octanol–water partition coefficient (Wildman–Crippen LogP) is 5.15. The average molecular weight is 318 g/mol. The first-order valence-corrected chi connectivity index (χ1v) is 8.21. The summed E-state index contributed by atoms with van der Waals surface area (Å²) in [5.74, 6) is -0.0748. The zero-order valence-corrected chi connectivity index (χ0v) is 13.1. The van der Waals surface area contributed by atoms with Crippen molar-refractivity contribution < 1.29 is 4.79 Å². The van der Waals surface area contributed by atoms with Crippen LogP contribution in [0.4, 0.5) is 5.69 Å². The number of benzene rings is 2. The molecule has 0 bridgehead atoms. The molecule has 0 radical (unpaired) electrons. The molecular weight excluding hydrogens is 304 g/mol. The van der Waals surface area contributed by atoms with E-state index in [0.717, 1.165) is 27.8 Å². The summed E-state index contributed by atoms with van der Waals surface area (Å²) in [5.41, 5.74) is 4.01. The molecule has 4 rings (SSSR count). The lowest BCUT2D eigenvalue weighted by Gasteiger charge is -2.03. The summed E-state index contributed by atoms with van der Waals surface area (Å²) in [6, 6.07) is 21.9. The van der Waals surface area contributed by atoms with Gasteiger partial charge in [0.1, 0.15) is 0 Å². The molecule has 0 atom stereocenters. The molecule has 3 nitrogen and oxygen atoms in total. The van der Waals surface area contributed by atoms with Gasteiger partial charge >= 0.3 is 0 Å². The van der Waals surface area contributed by atoms with Gasteiger partial charge in [-0.15, -0.1) is 11.3 Å².